The fraction of sp³-hybridized carbons (Fsp3) is 0.500. The topological polar surface area (TPSA) is 57.4 Å². The second-order valence-corrected chi connectivity index (χ2v) is 3.53. The van der Waals surface area contributed by atoms with Gasteiger partial charge in [-0.05, 0) is 18.6 Å². The van der Waals surface area contributed by atoms with E-state index in [1.54, 1.807) is 6.20 Å². The van der Waals surface area contributed by atoms with E-state index in [1.165, 1.54) is 0 Å². The fourth-order valence-corrected chi connectivity index (χ4v) is 1.40. The maximum Gasteiger partial charge on any atom is 0.213 e. The molecule has 0 amide bonds. The number of rotatable bonds is 2. The number of hydrogen-bond acceptors (Lipinski definition) is 4. The summed E-state index contributed by atoms with van der Waals surface area (Å²) in [5.74, 6) is 0.621. The van der Waals surface area contributed by atoms with Crippen molar-refractivity contribution in [3.05, 3.63) is 23.9 Å². The summed E-state index contributed by atoms with van der Waals surface area (Å²) in [5.41, 5.74) is 6.91. The number of aromatic nitrogens is 1. The smallest absolute Gasteiger partial charge is 0.213 e. The maximum absolute atomic E-state index is 5.79. The molecule has 2 unspecified atom stereocenters. The van der Waals surface area contributed by atoms with Crippen LogP contribution in [0.4, 0.5) is 0 Å². The molecule has 1 saturated heterocycles. The maximum atomic E-state index is 5.79. The van der Waals surface area contributed by atoms with Gasteiger partial charge in [0.1, 0.15) is 6.10 Å². The Balaban J connectivity index is 2.03. The van der Waals surface area contributed by atoms with Gasteiger partial charge < -0.3 is 15.2 Å². The Hall–Kier alpha value is -1.13. The first-order chi connectivity index (χ1) is 6.75. The van der Waals surface area contributed by atoms with Gasteiger partial charge in [0, 0.05) is 12.3 Å². The zero-order valence-electron chi connectivity index (χ0n) is 8.14. The van der Waals surface area contributed by atoms with E-state index < -0.39 is 0 Å². The molecule has 2 N–H and O–H groups in total. The van der Waals surface area contributed by atoms with Crippen LogP contribution >= 0.6 is 0 Å². The zero-order chi connectivity index (χ0) is 9.97. The van der Waals surface area contributed by atoms with E-state index in [0.717, 1.165) is 5.56 Å². The number of nitrogens with zero attached hydrogens (tertiary/aromatic N) is 1. The highest BCUT2D eigenvalue weighted by molar-refractivity contribution is 5.19. The summed E-state index contributed by atoms with van der Waals surface area (Å²) in [6.07, 6.45) is 1.66. The lowest BCUT2D eigenvalue weighted by Gasteiger charge is -2.14. The van der Waals surface area contributed by atoms with E-state index in [-0.39, 0.29) is 12.1 Å². The molecular formula is C10H14N2O2. The van der Waals surface area contributed by atoms with Gasteiger partial charge in [0.25, 0.3) is 0 Å². The number of aryl methyl sites for hydroxylation is 1. The third kappa shape index (κ3) is 2.02. The van der Waals surface area contributed by atoms with Crippen molar-refractivity contribution < 1.29 is 9.47 Å². The molecule has 4 nitrogen and oxygen atoms in total. The summed E-state index contributed by atoms with van der Waals surface area (Å²) in [4.78, 5) is 4.10. The normalized spacial score (nSPS) is 26.4. The molecule has 1 aromatic heterocycles. The van der Waals surface area contributed by atoms with Crippen LogP contribution in [0.15, 0.2) is 18.3 Å². The van der Waals surface area contributed by atoms with Gasteiger partial charge in [-0.15, -0.1) is 0 Å². The number of hydrogen-bond donors (Lipinski definition) is 1. The highest BCUT2D eigenvalue weighted by atomic mass is 16.6. The lowest BCUT2D eigenvalue weighted by Crippen LogP contribution is -2.37. The van der Waals surface area contributed by atoms with Gasteiger partial charge in [-0.1, -0.05) is 0 Å². The van der Waals surface area contributed by atoms with Crippen molar-refractivity contribution in [3.8, 4) is 5.88 Å². The highest BCUT2D eigenvalue weighted by Gasteiger charge is 2.26. The fourth-order valence-electron chi connectivity index (χ4n) is 1.40. The van der Waals surface area contributed by atoms with Crippen LogP contribution in [-0.2, 0) is 4.74 Å². The summed E-state index contributed by atoms with van der Waals surface area (Å²) in [5, 5.41) is 0. The van der Waals surface area contributed by atoms with E-state index >= 15 is 0 Å². The van der Waals surface area contributed by atoms with E-state index in [0.29, 0.717) is 19.1 Å². The van der Waals surface area contributed by atoms with Gasteiger partial charge in [-0.2, -0.15) is 0 Å². The lowest BCUT2D eigenvalue weighted by atomic mass is 10.2. The minimum atomic E-state index is -0.0655. The number of ether oxygens (including phenoxy) is 2. The van der Waals surface area contributed by atoms with Crippen LogP contribution < -0.4 is 10.5 Å². The molecule has 1 aliphatic rings. The molecule has 2 heterocycles. The van der Waals surface area contributed by atoms with Crippen molar-refractivity contribution in [3.63, 3.8) is 0 Å². The summed E-state index contributed by atoms with van der Waals surface area (Å²) in [6, 6.07) is 3.78. The van der Waals surface area contributed by atoms with Gasteiger partial charge in [-0.3, -0.25) is 0 Å². The SMILES string of the molecule is Cc1ccnc(OC2COCC2N)c1. The Kier molecular flexibility index (Phi) is 2.65. The lowest BCUT2D eigenvalue weighted by molar-refractivity contribution is 0.137. The number of pyridine rings is 1. The molecular weight excluding hydrogens is 180 g/mol. The molecule has 1 aliphatic heterocycles. The average molecular weight is 194 g/mol. The van der Waals surface area contributed by atoms with Crippen molar-refractivity contribution in [2.45, 2.75) is 19.1 Å². The molecule has 14 heavy (non-hydrogen) atoms. The average Bonchev–Trinajstić information content (AvgIpc) is 2.52. The summed E-state index contributed by atoms with van der Waals surface area (Å²) in [6.45, 7) is 3.12. The molecule has 76 valence electrons. The predicted octanol–water partition coefficient (Wildman–Crippen LogP) is 0.495. The molecule has 4 heteroatoms. The third-order valence-electron chi connectivity index (χ3n) is 2.23. The van der Waals surface area contributed by atoms with Gasteiger partial charge in [-0.25, -0.2) is 4.98 Å². The van der Waals surface area contributed by atoms with E-state index in [1.807, 2.05) is 19.1 Å². The Bertz CT molecular complexity index is 317. The Morgan fingerprint density at radius 3 is 3.07 bits per heavy atom. The van der Waals surface area contributed by atoms with Crippen LogP contribution in [0, 0.1) is 6.92 Å². The number of nitrogens with two attached hydrogens (primary N) is 1. The van der Waals surface area contributed by atoms with E-state index in [2.05, 4.69) is 4.98 Å². The van der Waals surface area contributed by atoms with Crippen molar-refractivity contribution in [1.29, 1.82) is 0 Å². The summed E-state index contributed by atoms with van der Waals surface area (Å²) >= 11 is 0. The monoisotopic (exact) mass is 194 g/mol. The van der Waals surface area contributed by atoms with Crippen LogP contribution in [0.3, 0.4) is 0 Å². The van der Waals surface area contributed by atoms with E-state index in [4.69, 9.17) is 15.2 Å². The molecule has 1 fully saturated rings. The van der Waals surface area contributed by atoms with Crippen molar-refractivity contribution in [2.24, 2.45) is 5.73 Å². The van der Waals surface area contributed by atoms with E-state index in [9.17, 15) is 0 Å². The minimum absolute atomic E-state index is 0.0442. The minimum Gasteiger partial charge on any atom is -0.470 e. The Morgan fingerprint density at radius 2 is 2.43 bits per heavy atom. The first kappa shape index (κ1) is 9.43. The summed E-state index contributed by atoms with van der Waals surface area (Å²) in [7, 11) is 0. The molecule has 2 atom stereocenters. The zero-order valence-corrected chi connectivity index (χ0v) is 8.14. The standard InChI is InChI=1S/C10H14N2O2/c1-7-2-3-12-10(4-7)14-9-6-13-5-8(9)11/h2-4,8-9H,5-6,11H2,1H3. The first-order valence-corrected chi connectivity index (χ1v) is 4.68. The molecule has 0 aromatic carbocycles. The van der Waals surface area contributed by atoms with Crippen LogP contribution in [0.1, 0.15) is 5.56 Å². The van der Waals surface area contributed by atoms with Crippen molar-refractivity contribution in [1.82, 2.24) is 4.98 Å². The van der Waals surface area contributed by atoms with Gasteiger partial charge in [0.05, 0.1) is 19.3 Å². The molecule has 0 aliphatic carbocycles. The second kappa shape index (κ2) is 3.94. The molecule has 0 bridgehead atoms. The second-order valence-electron chi connectivity index (χ2n) is 3.53. The molecule has 0 radical (unpaired) electrons. The predicted molar refractivity (Wildman–Crippen MR) is 52.2 cm³/mol. The van der Waals surface area contributed by atoms with Crippen LogP contribution in [-0.4, -0.2) is 30.3 Å². The Labute approximate surface area is 83.0 Å². The van der Waals surface area contributed by atoms with Gasteiger partial charge in [0.2, 0.25) is 5.88 Å². The third-order valence-corrected chi connectivity index (χ3v) is 2.23. The van der Waals surface area contributed by atoms with Gasteiger partial charge >= 0.3 is 0 Å². The molecule has 1 aromatic rings. The molecule has 0 spiro atoms. The highest BCUT2D eigenvalue weighted by Crippen LogP contribution is 2.14. The molecule has 0 saturated carbocycles. The first-order valence-electron chi connectivity index (χ1n) is 4.68. The van der Waals surface area contributed by atoms with Gasteiger partial charge in [0.15, 0.2) is 0 Å². The van der Waals surface area contributed by atoms with Crippen LogP contribution in [0.25, 0.3) is 0 Å². The van der Waals surface area contributed by atoms with Crippen molar-refractivity contribution in [2.75, 3.05) is 13.2 Å². The largest absolute Gasteiger partial charge is 0.470 e. The van der Waals surface area contributed by atoms with Crippen molar-refractivity contribution >= 4 is 0 Å². The molecule has 2 rings (SSSR count). The van der Waals surface area contributed by atoms with Crippen LogP contribution in [0.2, 0.25) is 0 Å². The quantitative estimate of drug-likeness (QED) is 0.744. The van der Waals surface area contributed by atoms with Crippen LogP contribution in [0.5, 0.6) is 5.88 Å². The Morgan fingerprint density at radius 1 is 1.57 bits per heavy atom. The summed E-state index contributed by atoms with van der Waals surface area (Å²) < 4.78 is 10.8.